The molecule has 0 aliphatic rings. The number of hydrogen-bond acceptors (Lipinski definition) is 2. The number of rotatable bonds is 5. The topological polar surface area (TPSA) is 35.2 Å². The summed E-state index contributed by atoms with van der Waals surface area (Å²) in [5.74, 6) is 0.414. The van der Waals surface area contributed by atoms with Crippen LogP contribution in [0.15, 0.2) is 18.2 Å². The monoisotopic (exact) mass is 229 g/mol. The molecule has 90 valence electrons. The molecule has 0 aliphatic heterocycles. The molecular weight excluding hydrogens is 212 g/mol. The first-order valence-electron chi connectivity index (χ1n) is 5.26. The molecule has 0 aromatic heterocycles. The standard InChI is InChI=1S/C12H17F2NO/c1-8(6-7-15)9-4-3-5-10(12(13)14)11(9)16-2/h3-5,8,12H,6-7,15H2,1-2H3. The molecule has 0 fully saturated rings. The van der Waals surface area contributed by atoms with Gasteiger partial charge in [0.15, 0.2) is 0 Å². The van der Waals surface area contributed by atoms with E-state index in [9.17, 15) is 8.78 Å². The molecule has 1 rings (SSSR count). The highest BCUT2D eigenvalue weighted by molar-refractivity contribution is 5.44. The zero-order chi connectivity index (χ0) is 12.1. The second-order valence-electron chi connectivity index (χ2n) is 3.75. The number of halogens is 2. The van der Waals surface area contributed by atoms with Crippen LogP contribution < -0.4 is 10.5 Å². The maximum atomic E-state index is 12.7. The summed E-state index contributed by atoms with van der Waals surface area (Å²) in [5.41, 5.74) is 6.21. The summed E-state index contributed by atoms with van der Waals surface area (Å²) in [6.07, 6.45) is -1.76. The molecule has 0 spiro atoms. The van der Waals surface area contributed by atoms with Crippen LogP contribution in [0.5, 0.6) is 5.75 Å². The molecule has 0 bridgehead atoms. The molecule has 0 amide bonds. The van der Waals surface area contributed by atoms with Gasteiger partial charge < -0.3 is 10.5 Å². The van der Waals surface area contributed by atoms with Gasteiger partial charge in [-0.3, -0.25) is 0 Å². The van der Waals surface area contributed by atoms with Gasteiger partial charge in [-0.15, -0.1) is 0 Å². The fourth-order valence-corrected chi connectivity index (χ4v) is 1.77. The van der Waals surface area contributed by atoms with Crippen LogP contribution >= 0.6 is 0 Å². The normalized spacial score (nSPS) is 12.9. The van der Waals surface area contributed by atoms with E-state index in [1.807, 2.05) is 13.0 Å². The van der Waals surface area contributed by atoms with Gasteiger partial charge in [-0.2, -0.15) is 0 Å². The van der Waals surface area contributed by atoms with Gasteiger partial charge in [-0.05, 0) is 30.5 Å². The Morgan fingerprint density at radius 3 is 2.44 bits per heavy atom. The van der Waals surface area contributed by atoms with Crippen molar-refractivity contribution in [3.63, 3.8) is 0 Å². The molecule has 4 heteroatoms. The molecular formula is C12H17F2NO. The molecule has 1 atom stereocenters. The number of ether oxygens (including phenoxy) is 1. The Hall–Kier alpha value is -1.16. The van der Waals surface area contributed by atoms with Crippen LogP contribution in [0, 0.1) is 0 Å². The molecule has 1 aromatic rings. The summed E-state index contributed by atoms with van der Waals surface area (Å²) in [7, 11) is 1.42. The van der Waals surface area contributed by atoms with Crippen LogP contribution in [0.4, 0.5) is 8.78 Å². The summed E-state index contributed by atoms with van der Waals surface area (Å²) in [6.45, 7) is 2.49. The minimum atomic E-state index is -2.51. The van der Waals surface area contributed by atoms with Crippen LogP contribution in [0.1, 0.15) is 36.8 Å². The largest absolute Gasteiger partial charge is 0.496 e. The van der Waals surface area contributed by atoms with Crippen molar-refractivity contribution >= 4 is 0 Å². The molecule has 0 aliphatic carbocycles. The van der Waals surface area contributed by atoms with Gasteiger partial charge in [0.05, 0.1) is 12.7 Å². The van der Waals surface area contributed by atoms with Crippen molar-refractivity contribution in [1.29, 1.82) is 0 Å². The first-order valence-corrected chi connectivity index (χ1v) is 5.26. The van der Waals surface area contributed by atoms with Crippen LogP contribution in [-0.2, 0) is 0 Å². The van der Waals surface area contributed by atoms with E-state index >= 15 is 0 Å². The van der Waals surface area contributed by atoms with E-state index in [2.05, 4.69) is 0 Å². The van der Waals surface area contributed by atoms with Crippen LogP contribution in [-0.4, -0.2) is 13.7 Å². The van der Waals surface area contributed by atoms with Crippen molar-refractivity contribution in [2.24, 2.45) is 5.73 Å². The van der Waals surface area contributed by atoms with Crippen molar-refractivity contribution in [3.05, 3.63) is 29.3 Å². The average molecular weight is 229 g/mol. The third-order valence-electron chi connectivity index (χ3n) is 2.65. The van der Waals surface area contributed by atoms with Crippen LogP contribution in [0.3, 0.4) is 0 Å². The van der Waals surface area contributed by atoms with Gasteiger partial charge in [0.1, 0.15) is 5.75 Å². The highest BCUT2D eigenvalue weighted by Gasteiger charge is 2.19. The highest BCUT2D eigenvalue weighted by Crippen LogP contribution is 2.36. The van der Waals surface area contributed by atoms with Crippen molar-refractivity contribution < 1.29 is 13.5 Å². The van der Waals surface area contributed by atoms with E-state index in [0.717, 1.165) is 12.0 Å². The van der Waals surface area contributed by atoms with Gasteiger partial charge in [0.2, 0.25) is 0 Å². The Balaban J connectivity index is 3.13. The van der Waals surface area contributed by atoms with Gasteiger partial charge in [-0.1, -0.05) is 19.1 Å². The molecule has 0 saturated carbocycles. The second kappa shape index (κ2) is 5.80. The SMILES string of the molecule is COc1c(C(F)F)cccc1C(C)CCN. The number of nitrogens with two attached hydrogens (primary N) is 1. The zero-order valence-electron chi connectivity index (χ0n) is 9.54. The number of alkyl halides is 2. The third-order valence-corrected chi connectivity index (χ3v) is 2.65. The number of hydrogen-bond donors (Lipinski definition) is 1. The van der Waals surface area contributed by atoms with E-state index in [1.165, 1.54) is 13.2 Å². The van der Waals surface area contributed by atoms with Crippen molar-refractivity contribution in [2.75, 3.05) is 13.7 Å². The zero-order valence-corrected chi connectivity index (χ0v) is 9.54. The van der Waals surface area contributed by atoms with Crippen LogP contribution in [0.2, 0.25) is 0 Å². The summed E-state index contributed by atoms with van der Waals surface area (Å²) in [6, 6.07) is 4.83. The smallest absolute Gasteiger partial charge is 0.267 e. The fraction of sp³-hybridized carbons (Fsp3) is 0.500. The van der Waals surface area contributed by atoms with E-state index in [1.54, 1.807) is 6.07 Å². The Morgan fingerprint density at radius 1 is 1.31 bits per heavy atom. The second-order valence-corrected chi connectivity index (χ2v) is 3.75. The summed E-state index contributed by atoms with van der Waals surface area (Å²) >= 11 is 0. The molecule has 0 saturated heterocycles. The number of methoxy groups -OCH3 is 1. The molecule has 2 N–H and O–H groups in total. The summed E-state index contributed by atoms with van der Waals surface area (Å²) in [4.78, 5) is 0. The minimum absolute atomic E-state index is 0.0520. The first-order chi connectivity index (χ1) is 7.61. The van der Waals surface area contributed by atoms with E-state index in [-0.39, 0.29) is 11.5 Å². The van der Waals surface area contributed by atoms with Gasteiger partial charge >= 0.3 is 0 Å². The first kappa shape index (κ1) is 12.9. The predicted molar refractivity (Wildman–Crippen MR) is 60.0 cm³/mol. The number of benzene rings is 1. The Kier molecular flexibility index (Phi) is 4.68. The maximum Gasteiger partial charge on any atom is 0.267 e. The van der Waals surface area contributed by atoms with E-state index in [4.69, 9.17) is 10.5 Å². The van der Waals surface area contributed by atoms with Gasteiger partial charge in [0, 0.05) is 0 Å². The van der Waals surface area contributed by atoms with E-state index in [0.29, 0.717) is 12.3 Å². The maximum absolute atomic E-state index is 12.7. The molecule has 2 nitrogen and oxygen atoms in total. The lowest BCUT2D eigenvalue weighted by Gasteiger charge is -2.17. The van der Waals surface area contributed by atoms with Crippen molar-refractivity contribution in [1.82, 2.24) is 0 Å². The number of para-hydroxylation sites is 1. The lowest BCUT2D eigenvalue weighted by molar-refractivity contribution is 0.146. The average Bonchev–Trinajstić information content (AvgIpc) is 2.28. The summed E-state index contributed by atoms with van der Waals surface area (Å²) in [5, 5.41) is 0. The van der Waals surface area contributed by atoms with Crippen LogP contribution in [0.25, 0.3) is 0 Å². The lowest BCUT2D eigenvalue weighted by Crippen LogP contribution is -2.07. The molecule has 0 heterocycles. The van der Waals surface area contributed by atoms with Crippen molar-refractivity contribution in [3.8, 4) is 5.75 Å². The lowest BCUT2D eigenvalue weighted by atomic mass is 9.95. The fourth-order valence-electron chi connectivity index (χ4n) is 1.77. The third kappa shape index (κ3) is 2.70. The molecule has 16 heavy (non-hydrogen) atoms. The Morgan fingerprint density at radius 2 is 1.94 bits per heavy atom. The molecule has 1 aromatic carbocycles. The summed E-state index contributed by atoms with van der Waals surface area (Å²) < 4.78 is 30.6. The van der Waals surface area contributed by atoms with Gasteiger partial charge in [0.25, 0.3) is 6.43 Å². The van der Waals surface area contributed by atoms with Gasteiger partial charge in [-0.25, -0.2) is 8.78 Å². The Bertz CT molecular complexity index is 342. The minimum Gasteiger partial charge on any atom is -0.496 e. The molecule has 0 radical (unpaired) electrons. The van der Waals surface area contributed by atoms with Crippen molar-refractivity contribution in [2.45, 2.75) is 25.7 Å². The molecule has 1 unspecified atom stereocenters. The van der Waals surface area contributed by atoms with E-state index < -0.39 is 6.43 Å². The Labute approximate surface area is 94.4 Å². The quantitative estimate of drug-likeness (QED) is 0.842. The predicted octanol–water partition coefficient (Wildman–Crippen LogP) is 3.09. The highest BCUT2D eigenvalue weighted by atomic mass is 19.3.